The Morgan fingerprint density at radius 2 is 1.59 bits per heavy atom. The van der Waals surface area contributed by atoms with E-state index in [1.165, 1.54) is 0 Å². The van der Waals surface area contributed by atoms with Crippen LogP contribution >= 0.6 is 0 Å². The summed E-state index contributed by atoms with van der Waals surface area (Å²) in [6.45, 7) is 3.37. The molecule has 0 saturated heterocycles. The minimum absolute atomic E-state index is 0.0903. The Balaban J connectivity index is 1.36. The quantitative estimate of drug-likeness (QED) is 0.695. The molecule has 0 unspecified atom stereocenters. The van der Waals surface area contributed by atoms with E-state index in [0.717, 1.165) is 54.0 Å². The lowest BCUT2D eigenvalue weighted by atomic mass is 9.87. The fraction of sp³-hybridized carbons (Fsp3) is 0.440. The Kier molecular flexibility index (Phi) is 6.65. The van der Waals surface area contributed by atoms with Crippen LogP contribution in [0.15, 0.2) is 42.5 Å². The van der Waals surface area contributed by atoms with Crippen LogP contribution in [-0.4, -0.2) is 50.1 Å². The molecule has 1 aliphatic heterocycles. The van der Waals surface area contributed by atoms with Gasteiger partial charge in [0.1, 0.15) is 13.2 Å². The summed E-state index contributed by atoms with van der Waals surface area (Å²) < 4.78 is 11.4. The number of carbonyl (C=O) groups excluding carboxylic acids is 2. The van der Waals surface area contributed by atoms with Crippen molar-refractivity contribution in [3.8, 4) is 11.5 Å². The molecule has 32 heavy (non-hydrogen) atoms. The Morgan fingerprint density at radius 1 is 0.938 bits per heavy atom. The number of anilines is 1. The van der Waals surface area contributed by atoms with Crippen molar-refractivity contribution in [3.63, 3.8) is 0 Å². The van der Waals surface area contributed by atoms with E-state index in [4.69, 9.17) is 9.47 Å². The Labute approximate surface area is 189 Å². The smallest absolute Gasteiger partial charge is 0.238 e. The molecule has 2 aliphatic rings. The summed E-state index contributed by atoms with van der Waals surface area (Å²) in [6, 6.07) is 13.6. The molecule has 0 bridgehead atoms. The van der Waals surface area contributed by atoms with E-state index in [2.05, 4.69) is 10.6 Å². The number of aryl methyl sites for hydroxylation is 1. The summed E-state index contributed by atoms with van der Waals surface area (Å²) in [5, 5.41) is 6.14. The molecule has 1 heterocycles. The van der Waals surface area contributed by atoms with E-state index in [9.17, 15) is 9.59 Å². The third-order valence-corrected chi connectivity index (χ3v) is 6.09. The summed E-state index contributed by atoms with van der Waals surface area (Å²) in [5.74, 6) is 1.25. The molecule has 0 atom stereocenters. The number of carbonyl (C=O) groups is 2. The zero-order valence-corrected chi connectivity index (χ0v) is 18.8. The number of benzene rings is 2. The van der Waals surface area contributed by atoms with Crippen molar-refractivity contribution >= 4 is 17.5 Å². The normalized spacial score (nSPS) is 16.6. The van der Waals surface area contributed by atoms with Gasteiger partial charge < -0.3 is 20.1 Å². The van der Waals surface area contributed by atoms with Crippen LogP contribution in [-0.2, 0) is 15.1 Å². The van der Waals surface area contributed by atoms with Crippen molar-refractivity contribution in [2.45, 2.75) is 38.1 Å². The molecule has 0 aromatic heterocycles. The van der Waals surface area contributed by atoms with Gasteiger partial charge in [0.05, 0.1) is 18.6 Å². The maximum Gasteiger partial charge on any atom is 0.238 e. The molecule has 2 amide bonds. The van der Waals surface area contributed by atoms with Crippen LogP contribution in [0.1, 0.15) is 36.8 Å². The van der Waals surface area contributed by atoms with Crippen LogP contribution in [0.5, 0.6) is 11.5 Å². The molecule has 2 aromatic carbocycles. The zero-order valence-electron chi connectivity index (χ0n) is 18.8. The number of likely N-dealkylation sites (N-methyl/N-ethyl adjacent to an activating group) is 1. The highest BCUT2D eigenvalue weighted by Crippen LogP contribution is 2.42. The predicted molar refractivity (Wildman–Crippen MR) is 123 cm³/mol. The highest BCUT2D eigenvalue weighted by atomic mass is 16.6. The summed E-state index contributed by atoms with van der Waals surface area (Å²) >= 11 is 0. The number of hydrogen-bond acceptors (Lipinski definition) is 5. The zero-order chi connectivity index (χ0) is 22.6. The van der Waals surface area contributed by atoms with Crippen molar-refractivity contribution in [2.24, 2.45) is 0 Å². The average molecular weight is 438 g/mol. The van der Waals surface area contributed by atoms with Crippen LogP contribution in [0, 0.1) is 6.92 Å². The lowest BCUT2D eigenvalue weighted by Crippen LogP contribution is -2.48. The van der Waals surface area contributed by atoms with Gasteiger partial charge in [-0.1, -0.05) is 36.6 Å². The van der Waals surface area contributed by atoms with Crippen molar-refractivity contribution < 1.29 is 19.1 Å². The first kappa shape index (κ1) is 22.1. The number of hydrogen-bond donors (Lipinski definition) is 2. The molecule has 4 rings (SSSR count). The number of nitrogens with zero attached hydrogens (tertiary/aromatic N) is 1. The average Bonchev–Trinajstić information content (AvgIpc) is 3.24. The second-order valence-corrected chi connectivity index (χ2v) is 8.78. The molecule has 1 aliphatic carbocycles. The summed E-state index contributed by atoms with van der Waals surface area (Å²) in [5.41, 5.74) is 2.53. The molecule has 1 fully saturated rings. The van der Waals surface area contributed by atoms with Gasteiger partial charge in [0, 0.05) is 5.69 Å². The van der Waals surface area contributed by atoms with Crippen LogP contribution in [0.2, 0.25) is 0 Å². The van der Waals surface area contributed by atoms with E-state index in [-0.39, 0.29) is 24.9 Å². The van der Waals surface area contributed by atoms with Crippen molar-refractivity contribution in [1.82, 2.24) is 10.2 Å². The molecular formula is C25H31N3O4. The molecule has 1 saturated carbocycles. The highest BCUT2D eigenvalue weighted by Gasteiger charge is 2.38. The van der Waals surface area contributed by atoms with Gasteiger partial charge in [-0.15, -0.1) is 0 Å². The van der Waals surface area contributed by atoms with Gasteiger partial charge >= 0.3 is 0 Å². The van der Waals surface area contributed by atoms with Crippen LogP contribution in [0.3, 0.4) is 0 Å². The van der Waals surface area contributed by atoms with Gasteiger partial charge in [0.2, 0.25) is 11.8 Å². The highest BCUT2D eigenvalue weighted by molar-refractivity contribution is 5.92. The van der Waals surface area contributed by atoms with Crippen molar-refractivity contribution in [3.05, 3.63) is 53.6 Å². The largest absolute Gasteiger partial charge is 0.486 e. The summed E-state index contributed by atoms with van der Waals surface area (Å²) in [4.78, 5) is 27.0. The molecule has 0 radical (unpaired) electrons. The first-order chi connectivity index (χ1) is 15.4. The lowest BCUT2D eigenvalue weighted by molar-refractivity contribution is -0.124. The second-order valence-electron chi connectivity index (χ2n) is 8.78. The Hall–Kier alpha value is -3.06. The molecule has 0 spiro atoms. The molecule has 170 valence electrons. The SMILES string of the molecule is Cc1ccc(NC(=O)CN(C)CC(=O)NC2(c3ccc4c(c3)OCCO4)CCCC2)cc1. The summed E-state index contributed by atoms with van der Waals surface area (Å²) in [7, 11) is 1.78. The third kappa shape index (κ3) is 5.22. The van der Waals surface area contributed by atoms with Gasteiger partial charge in [-0.25, -0.2) is 0 Å². The van der Waals surface area contributed by atoms with Gasteiger partial charge in [-0.3, -0.25) is 14.5 Å². The van der Waals surface area contributed by atoms with E-state index in [1.54, 1.807) is 11.9 Å². The molecular weight excluding hydrogens is 406 g/mol. The van der Waals surface area contributed by atoms with E-state index in [0.29, 0.717) is 13.2 Å². The maximum absolute atomic E-state index is 12.9. The van der Waals surface area contributed by atoms with E-state index < -0.39 is 5.54 Å². The topological polar surface area (TPSA) is 79.9 Å². The minimum Gasteiger partial charge on any atom is -0.486 e. The van der Waals surface area contributed by atoms with Gasteiger partial charge in [0.25, 0.3) is 0 Å². The number of rotatable bonds is 7. The summed E-state index contributed by atoms with van der Waals surface area (Å²) in [6.07, 6.45) is 3.89. The van der Waals surface area contributed by atoms with Gasteiger partial charge in [-0.05, 0) is 56.6 Å². The number of amides is 2. The maximum atomic E-state index is 12.9. The standard InChI is InChI=1S/C25H31N3O4/c1-18-5-8-20(9-6-18)26-23(29)16-28(2)17-24(30)27-25(11-3-4-12-25)19-7-10-21-22(15-19)32-14-13-31-21/h5-10,15H,3-4,11-14,16-17H2,1-2H3,(H,26,29)(H,27,30). The molecule has 2 N–H and O–H groups in total. The Bertz CT molecular complexity index is 968. The van der Waals surface area contributed by atoms with Crippen molar-refractivity contribution in [2.75, 3.05) is 38.7 Å². The lowest BCUT2D eigenvalue weighted by Gasteiger charge is -2.33. The molecule has 2 aromatic rings. The molecule has 7 heteroatoms. The van der Waals surface area contributed by atoms with Crippen LogP contribution in [0.4, 0.5) is 5.69 Å². The number of ether oxygens (including phenoxy) is 2. The molecule has 7 nitrogen and oxygen atoms in total. The first-order valence-corrected chi connectivity index (χ1v) is 11.2. The third-order valence-electron chi connectivity index (χ3n) is 6.09. The minimum atomic E-state index is -0.405. The van der Waals surface area contributed by atoms with Gasteiger partial charge in [0.15, 0.2) is 11.5 Å². The fourth-order valence-corrected chi connectivity index (χ4v) is 4.50. The predicted octanol–water partition coefficient (Wildman–Crippen LogP) is 3.22. The van der Waals surface area contributed by atoms with Crippen LogP contribution in [0.25, 0.3) is 0 Å². The van der Waals surface area contributed by atoms with E-state index >= 15 is 0 Å². The Morgan fingerprint density at radius 3 is 2.31 bits per heavy atom. The van der Waals surface area contributed by atoms with Gasteiger partial charge in [-0.2, -0.15) is 0 Å². The fourth-order valence-electron chi connectivity index (χ4n) is 4.50. The van der Waals surface area contributed by atoms with E-state index in [1.807, 2.05) is 49.4 Å². The van der Waals surface area contributed by atoms with Crippen LogP contribution < -0.4 is 20.1 Å². The second kappa shape index (κ2) is 9.61. The van der Waals surface area contributed by atoms with Crippen molar-refractivity contribution in [1.29, 1.82) is 0 Å². The number of nitrogens with one attached hydrogen (secondary N) is 2. The number of fused-ring (bicyclic) bond motifs is 1. The monoisotopic (exact) mass is 437 g/mol. The first-order valence-electron chi connectivity index (χ1n) is 11.2.